The van der Waals surface area contributed by atoms with Crippen LogP contribution in [0.25, 0.3) is 0 Å². The van der Waals surface area contributed by atoms with Crippen LogP contribution in [-0.4, -0.2) is 25.8 Å². The Morgan fingerprint density at radius 3 is 2.84 bits per heavy atom. The SMILES string of the molecule is CCC1CCCN(S(=O)(=O)c2cc(CCl)cs2)CC1. The van der Waals surface area contributed by atoms with Crippen molar-refractivity contribution in [3.8, 4) is 0 Å². The van der Waals surface area contributed by atoms with E-state index < -0.39 is 10.0 Å². The van der Waals surface area contributed by atoms with Gasteiger partial charge in [-0.2, -0.15) is 4.31 Å². The minimum atomic E-state index is -3.31. The Hall–Kier alpha value is -0.100. The Balaban J connectivity index is 2.15. The lowest BCUT2D eigenvalue weighted by Gasteiger charge is -2.19. The lowest BCUT2D eigenvalue weighted by Crippen LogP contribution is -2.31. The Bertz CT molecular complexity index is 512. The van der Waals surface area contributed by atoms with Crippen molar-refractivity contribution >= 4 is 33.0 Å². The minimum Gasteiger partial charge on any atom is -0.206 e. The van der Waals surface area contributed by atoms with Crippen molar-refractivity contribution in [2.45, 2.75) is 42.7 Å². The van der Waals surface area contributed by atoms with Gasteiger partial charge in [0.25, 0.3) is 10.0 Å². The fourth-order valence-corrected chi connectivity index (χ4v) is 5.57. The highest BCUT2D eigenvalue weighted by atomic mass is 35.5. The summed E-state index contributed by atoms with van der Waals surface area (Å²) in [6, 6.07) is 1.70. The number of sulfonamides is 1. The second-order valence-electron chi connectivity index (χ2n) is 5.02. The standard InChI is InChI=1S/C13H20ClNO2S2/c1-2-11-4-3-6-15(7-5-11)19(16,17)13-8-12(9-14)10-18-13/h8,10-11H,2-7,9H2,1H3. The Kier molecular flexibility index (Phi) is 5.29. The van der Waals surface area contributed by atoms with Crippen LogP contribution in [0.2, 0.25) is 0 Å². The first-order valence-electron chi connectivity index (χ1n) is 6.71. The number of halogens is 1. The number of hydrogen-bond acceptors (Lipinski definition) is 3. The molecule has 0 amide bonds. The third-order valence-corrected chi connectivity index (χ3v) is 7.43. The fraction of sp³-hybridized carbons (Fsp3) is 0.692. The summed E-state index contributed by atoms with van der Waals surface area (Å²) in [5, 5.41) is 1.83. The summed E-state index contributed by atoms with van der Waals surface area (Å²) in [5.41, 5.74) is 0.881. The molecule has 1 aromatic rings. The summed E-state index contributed by atoms with van der Waals surface area (Å²) in [5.74, 6) is 1.03. The van der Waals surface area contributed by atoms with Crippen LogP contribution in [0, 0.1) is 5.92 Å². The quantitative estimate of drug-likeness (QED) is 0.793. The first-order valence-corrected chi connectivity index (χ1v) is 9.57. The molecule has 0 aliphatic carbocycles. The van der Waals surface area contributed by atoms with Crippen LogP contribution in [-0.2, 0) is 15.9 Å². The third-order valence-electron chi connectivity index (χ3n) is 3.76. The van der Waals surface area contributed by atoms with Gasteiger partial charge in [0.2, 0.25) is 0 Å². The van der Waals surface area contributed by atoms with Crippen molar-refractivity contribution in [2.24, 2.45) is 5.92 Å². The van der Waals surface area contributed by atoms with Crippen molar-refractivity contribution in [1.82, 2.24) is 4.31 Å². The molecule has 2 rings (SSSR count). The van der Waals surface area contributed by atoms with Crippen LogP contribution in [0.1, 0.15) is 38.2 Å². The molecule has 0 radical (unpaired) electrons. The van der Waals surface area contributed by atoms with E-state index in [0.29, 0.717) is 29.1 Å². The molecule has 19 heavy (non-hydrogen) atoms. The predicted molar refractivity (Wildman–Crippen MR) is 80.3 cm³/mol. The molecule has 0 spiro atoms. The van der Waals surface area contributed by atoms with Gasteiger partial charge in [0.05, 0.1) is 0 Å². The summed E-state index contributed by atoms with van der Waals surface area (Å²) in [6.07, 6.45) is 4.22. The minimum absolute atomic E-state index is 0.365. The van der Waals surface area contributed by atoms with Crippen LogP contribution in [0.15, 0.2) is 15.7 Å². The van der Waals surface area contributed by atoms with Crippen LogP contribution in [0.5, 0.6) is 0 Å². The normalized spacial score (nSPS) is 22.3. The van der Waals surface area contributed by atoms with Crippen LogP contribution >= 0.6 is 22.9 Å². The van der Waals surface area contributed by atoms with Crippen LogP contribution in [0.4, 0.5) is 0 Å². The highest BCUT2D eigenvalue weighted by molar-refractivity contribution is 7.91. The second-order valence-corrected chi connectivity index (χ2v) is 8.36. The van der Waals surface area contributed by atoms with E-state index in [1.807, 2.05) is 5.38 Å². The van der Waals surface area contributed by atoms with E-state index in [1.165, 1.54) is 11.3 Å². The van der Waals surface area contributed by atoms with Crippen LogP contribution in [0.3, 0.4) is 0 Å². The van der Waals surface area contributed by atoms with E-state index in [9.17, 15) is 8.42 Å². The summed E-state index contributed by atoms with van der Waals surface area (Å²) in [4.78, 5) is 0. The van der Waals surface area contributed by atoms with Gasteiger partial charge in [0, 0.05) is 19.0 Å². The molecule has 2 heterocycles. The van der Waals surface area contributed by atoms with E-state index in [4.69, 9.17) is 11.6 Å². The zero-order valence-electron chi connectivity index (χ0n) is 11.1. The molecule has 6 heteroatoms. The largest absolute Gasteiger partial charge is 0.252 e. The molecular weight excluding hydrogens is 302 g/mol. The smallest absolute Gasteiger partial charge is 0.206 e. The van der Waals surface area contributed by atoms with Gasteiger partial charge in [0.1, 0.15) is 4.21 Å². The molecular formula is C13H20ClNO2S2. The number of alkyl halides is 1. The number of hydrogen-bond donors (Lipinski definition) is 0. The fourth-order valence-electron chi connectivity index (χ4n) is 2.47. The molecule has 1 unspecified atom stereocenters. The number of rotatable bonds is 4. The average Bonchev–Trinajstić information content (AvgIpc) is 2.76. The van der Waals surface area contributed by atoms with Gasteiger partial charge in [-0.3, -0.25) is 0 Å². The molecule has 1 aliphatic rings. The van der Waals surface area contributed by atoms with Crippen molar-refractivity contribution < 1.29 is 8.42 Å². The molecule has 1 saturated heterocycles. The number of nitrogens with zero attached hydrogens (tertiary/aromatic N) is 1. The Morgan fingerprint density at radius 2 is 2.21 bits per heavy atom. The molecule has 108 valence electrons. The van der Waals surface area contributed by atoms with E-state index in [0.717, 1.165) is 31.2 Å². The van der Waals surface area contributed by atoms with Gasteiger partial charge in [-0.1, -0.05) is 13.3 Å². The second kappa shape index (κ2) is 6.57. The van der Waals surface area contributed by atoms with Crippen LogP contribution < -0.4 is 0 Å². The zero-order chi connectivity index (χ0) is 13.9. The summed E-state index contributed by atoms with van der Waals surface area (Å²) < 4.78 is 27.2. The Labute approximate surface area is 124 Å². The van der Waals surface area contributed by atoms with Gasteiger partial charge >= 0.3 is 0 Å². The lowest BCUT2D eigenvalue weighted by molar-refractivity contribution is 0.408. The van der Waals surface area contributed by atoms with Crippen molar-refractivity contribution in [1.29, 1.82) is 0 Å². The summed E-state index contributed by atoms with van der Waals surface area (Å²) >= 11 is 7.01. The van der Waals surface area contributed by atoms with Gasteiger partial charge < -0.3 is 0 Å². The van der Waals surface area contributed by atoms with E-state index in [-0.39, 0.29) is 0 Å². The van der Waals surface area contributed by atoms with Gasteiger partial charge in [-0.15, -0.1) is 22.9 Å². The van der Waals surface area contributed by atoms with Crippen molar-refractivity contribution in [3.05, 3.63) is 17.0 Å². The van der Waals surface area contributed by atoms with E-state index in [1.54, 1.807) is 10.4 Å². The molecule has 0 N–H and O–H groups in total. The molecule has 1 aliphatic heterocycles. The maximum Gasteiger partial charge on any atom is 0.252 e. The molecule has 0 saturated carbocycles. The molecule has 0 bridgehead atoms. The predicted octanol–water partition coefficient (Wildman–Crippen LogP) is 3.69. The first kappa shape index (κ1) is 15.3. The first-order chi connectivity index (χ1) is 9.07. The van der Waals surface area contributed by atoms with Crippen molar-refractivity contribution in [2.75, 3.05) is 13.1 Å². The van der Waals surface area contributed by atoms with E-state index in [2.05, 4.69) is 6.92 Å². The number of thiophene rings is 1. The van der Waals surface area contributed by atoms with Gasteiger partial charge in [-0.25, -0.2) is 8.42 Å². The highest BCUT2D eigenvalue weighted by Gasteiger charge is 2.28. The van der Waals surface area contributed by atoms with Crippen molar-refractivity contribution in [3.63, 3.8) is 0 Å². The molecule has 1 aromatic heterocycles. The molecule has 0 aromatic carbocycles. The Morgan fingerprint density at radius 1 is 1.42 bits per heavy atom. The van der Waals surface area contributed by atoms with Gasteiger partial charge in [0.15, 0.2) is 0 Å². The molecule has 3 nitrogen and oxygen atoms in total. The summed E-state index contributed by atoms with van der Waals surface area (Å²) in [7, 11) is -3.31. The molecule has 1 atom stereocenters. The average molecular weight is 322 g/mol. The molecule has 1 fully saturated rings. The topological polar surface area (TPSA) is 37.4 Å². The zero-order valence-corrected chi connectivity index (χ0v) is 13.5. The van der Waals surface area contributed by atoms with Gasteiger partial charge in [-0.05, 0) is 42.2 Å². The summed E-state index contributed by atoms with van der Waals surface area (Å²) in [6.45, 7) is 3.47. The maximum absolute atomic E-state index is 12.6. The third kappa shape index (κ3) is 3.51. The highest BCUT2D eigenvalue weighted by Crippen LogP contribution is 2.28. The maximum atomic E-state index is 12.6. The lowest BCUT2D eigenvalue weighted by atomic mass is 9.98. The van der Waals surface area contributed by atoms with E-state index >= 15 is 0 Å². The monoisotopic (exact) mass is 321 g/mol.